The minimum absolute atomic E-state index is 0.133. The van der Waals surface area contributed by atoms with E-state index in [-0.39, 0.29) is 12.5 Å². The minimum atomic E-state index is -1.55. The van der Waals surface area contributed by atoms with E-state index >= 15 is 0 Å². The van der Waals surface area contributed by atoms with Gasteiger partial charge in [0.1, 0.15) is 24.4 Å². The molecule has 1 amide bonds. The first-order chi connectivity index (χ1) is 33.3. The van der Waals surface area contributed by atoms with Crippen LogP contribution in [0.1, 0.15) is 303 Å². The molecule has 0 spiro atoms. The molecule has 0 aliphatic carbocycles. The normalized spacial score (nSPS) is 19.5. The molecule has 0 aromatic carbocycles. The molecule has 7 atom stereocenters. The van der Waals surface area contributed by atoms with Crippen LogP contribution in [0.15, 0.2) is 12.2 Å². The van der Waals surface area contributed by atoms with Crippen molar-refractivity contribution >= 4 is 5.91 Å². The van der Waals surface area contributed by atoms with Crippen LogP contribution in [0.5, 0.6) is 0 Å². The number of ether oxygens (including phenoxy) is 2. The molecule has 9 nitrogen and oxygen atoms in total. The molecule has 0 aromatic heterocycles. The van der Waals surface area contributed by atoms with E-state index in [4.69, 9.17) is 9.47 Å². The highest BCUT2D eigenvalue weighted by Gasteiger charge is 2.44. The Balaban J connectivity index is 2.10. The Hall–Kier alpha value is -1.07. The largest absolute Gasteiger partial charge is 0.394 e. The van der Waals surface area contributed by atoms with Crippen LogP contribution in [0.3, 0.4) is 0 Å². The van der Waals surface area contributed by atoms with Crippen LogP contribution in [-0.2, 0) is 14.3 Å². The van der Waals surface area contributed by atoms with Gasteiger partial charge >= 0.3 is 0 Å². The summed E-state index contributed by atoms with van der Waals surface area (Å²) in [4.78, 5) is 13.1. The summed E-state index contributed by atoms with van der Waals surface area (Å²) in [7, 11) is 0. The van der Waals surface area contributed by atoms with Crippen LogP contribution in [0.25, 0.3) is 0 Å². The minimum Gasteiger partial charge on any atom is -0.394 e. The van der Waals surface area contributed by atoms with Crippen molar-refractivity contribution in [3.63, 3.8) is 0 Å². The van der Waals surface area contributed by atoms with E-state index in [0.29, 0.717) is 12.8 Å². The first kappa shape index (κ1) is 64.9. The van der Waals surface area contributed by atoms with Crippen LogP contribution in [0, 0.1) is 0 Å². The van der Waals surface area contributed by atoms with Crippen molar-refractivity contribution in [3.8, 4) is 0 Å². The molecule has 68 heavy (non-hydrogen) atoms. The molecule has 9 heteroatoms. The highest BCUT2D eigenvalue weighted by molar-refractivity contribution is 5.76. The maximum atomic E-state index is 13.1. The van der Waals surface area contributed by atoms with Crippen molar-refractivity contribution < 1.29 is 39.8 Å². The lowest BCUT2D eigenvalue weighted by molar-refractivity contribution is -0.302. The summed E-state index contributed by atoms with van der Waals surface area (Å²) in [5, 5.41) is 54.6. The summed E-state index contributed by atoms with van der Waals surface area (Å²) in [6, 6.07) is -0.714. The third-order valence-corrected chi connectivity index (χ3v) is 14.6. The summed E-state index contributed by atoms with van der Waals surface area (Å²) >= 11 is 0. The Morgan fingerprint density at radius 2 is 0.824 bits per heavy atom. The fourth-order valence-electron chi connectivity index (χ4n) is 9.87. The fourth-order valence-corrected chi connectivity index (χ4v) is 9.87. The first-order valence-corrected chi connectivity index (χ1v) is 29.9. The number of aliphatic hydroxyl groups is 5. The van der Waals surface area contributed by atoms with Gasteiger partial charge in [-0.25, -0.2) is 0 Å². The monoisotopic (exact) mass is 966 g/mol. The second kappa shape index (κ2) is 49.5. The predicted octanol–water partition coefficient (Wildman–Crippen LogP) is 14.8. The molecule has 1 aliphatic heterocycles. The Labute approximate surface area is 420 Å². The number of rotatable bonds is 52. The number of carbonyl (C=O) groups excluding carboxylic acids is 1. The zero-order valence-electron chi connectivity index (χ0n) is 44.9. The van der Waals surface area contributed by atoms with E-state index in [1.807, 2.05) is 0 Å². The molecule has 0 bridgehead atoms. The number of unbranched alkanes of at least 4 members (excludes halogenated alkanes) is 40. The van der Waals surface area contributed by atoms with Gasteiger partial charge in [0, 0.05) is 6.42 Å². The molecule has 1 fully saturated rings. The topological polar surface area (TPSA) is 149 Å². The molecule has 6 N–H and O–H groups in total. The zero-order chi connectivity index (χ0) is 49.4. The van der Waals surface area contributed by atoms with E-state index in [1.165, 1.54) is 238 Å². The molecule has 1 rings (SSSR count). The maximum Gasteiger partial charge on any atom is 0.220 e. The van der Waals surface area contributed by atoms with Crippen molar-refractivity contribution in [1.29, 1.82) is 0 Å². The highest BCUT2D eigenvalue weighted by Crippen LogP contribution is 2.23. The molecule has 404 valence electrons. The SMILES string of the molecule is CCCCCCCCCC/C=C\CCCCCCCCCCCCCCCCCCCCCC(=O)NC(COC1OC(CO)C(O)C(O)C1O)C(O)CCCCCCCCCCCCCCCC. The van der Waals surface area contributed by atoms with Gasteiger partial charge in [0.2, 0.25) is 5.91 Å². The molecular formula is C59H115NO8. The van der Waals surface area contributed by atoms with E-state index in [1.54, 1.807) is 0 Å². The molecule has 7 unspecified atom stereocenters. The Bertz CT molecular complexity index is 1080. The molecule has 1 heterocycles. The van der Waals surface area contributed by atoms with Crippen LogP contribution < -0.4 is 5.32 Å². The summed E-state index contributed by atoms with van der Waals surface area (Å²) < 4.78 is 11.3. The summed E-state index contributed by atoms with van der Waals surface area (Å²) in [5.41, 5.74) is 0. The van der Waals surface area contributed by atoms with Gasteiger partial charge in [0.05, 0.1) is 25.4 Å². The third-order valence-electron chi connectivity index (χ3n) is 14.6. The van der Waals surface area contributed by atoms with Gasteiger partial charge in [0.25, 0.3) is 0 Å². The predicted molar refractivity (Wildman–Crippen MR) is 286 cm³/mol. The summed E-state index contributed by atoms with van der Waals surface area (Å²) in [5.74, 6) is -0.138. The number of amides is 1. The van der Waals surface area contributed by atoms with Crippen molar-refractivity contribution in [3.05, 3.63) is 12.2 Å². The van der Waals surface area contributed by atoms with Crippen molar-refractivity contribution in [1.82, 2.24) is 5.32 Å². The number of hydrogen-bond donors (Lipinski definition) is 6. The molecule has 1 aliphatic rings. The molecule has 1 saturated heterocycles. The average molecular weight is 967 g/mol. The molecule has 0 radical (unpaired) electrons. The quantitative estimate of drug-likeness (QED) is 0.0261. The van der Waals surface area contributed by atoms with Gasteiger partial charge in [-0.05, 0) is 38.5 Å². The lowest BCUT2D eigenvalue weighted by atomic mass is 9.99. The summed E-state index contributed by atoms with van der Waals surface area (Å²) in [6.07, 6.45) is 54.0. The Morgan fingerprint density at radius 3 is 1.19 bits per heavy atom. The highest BCUT2D eigenvalue weighted by atomic mass is 16.7. The van der Waals surface area contributed by atoms with E-state index in [0.717, 1.165) is 38.5 Å². The van der Waals surface area contributed by atoms with Crippen molar-refractivity contribution in [2.75, 3.05) is 13.2 Å². The van der Waals surface area contributed by atoms with Gasteiger partial charge in [0.15, 0.2) is 6.29 Å². The van der Waals surface area contributed by atoms with Crippen molar-refractivity contribution in [2.45, 2.75) is 346 Å². The average Bonchev–Trinajstić information content (AvgIpc) is 3.34. The summed E-state index contributed by atoms with van der Waals surface area (Å²) in [6.45, 7) is 3.87. The fraction of sp³-hybridized carbons (Fsp3) is 0.949. The van der Waals surface area contributed by atoms with Crippen LogP contribution in [-0.4, -0.2) is 87.5 Å². The lowest BCUT2D eigenvalue weighted by Crippen LogP contribution is -2.60. The van der Waals surface area contributed by atoms with E-state index in [9.17, 15) is 30.3 Å². The second-order valence-electron chi connectivity index (χ2n) is 21.1. The van der Waals surface area contributed by atoms with Crippen LogP contribution in [0.4, 0.5) is 0 Å². The van der Waals surface area contributed by atoms with E-state index < -0.39 is 49.5 Å². The van der Waals surface area contributed by atoms with Gasteiger partial charge in [-0.2, -0.15) is 0 Å². The lowest BCUT2D eigenvalue weighted by Gasteiger charge is -2.40. The van der Waals surface area contributed by atoms with Crippen molar-refractivity contribution in [2.24, 2.45) is 0 Å². The van der Waals surface area contributed by atoms with Gasteiger partial charge in [-0.3, -0.25) is 4.79 Å². The number of carbonyl (C=O) groups is 1. The first-order valence-electron chi connectivity index (χ1n) is 29.9. The molecular weight excluding hydrogens is 851 g/mol. The van der Waals surface area contributed by atoms with Gasteiger partial charge in [-0.1, -0.05) is 270 Å². The standard InChI is InChI=1S/C59H115NO8/c1-3-5-7-9-11-13-15-17-19-20-21-22-23-24-25-26-27-28-29-30-31-32-33-34-35-37-39-41-43-45-47-49-55(63)60-52(51-67-59-58(66)57(65)56(64)54(50-61)68-59)53(62)48-46-44-42-40-38-36-18-16-14-12-10-8-6-4-2/h20-21,52-54,56-59,61-62,64-66H,3-19,22-51H2,1-2H3,(H,60,63)/b21-20-. The Kier molecular flexibility index (Phi) is 47.3. The smallest absolute Gasteiger partial charge is 0.220 e. The second-order valence-corrected chi connectivity index (χ2v) is 21.1. The van der Waals surface area contributed by atoms with Gasteiger partial charge in [-0.15, -0.1) is 0 Å². The Morgan fingerprint density at radius 1 is 0.485 bits per heavy atom. The van der Waals surface area contributed by atoms with Crippen LogP contribution in [0.2, 0.25) is 0 Å². The molecule has 0 saturated carbocycles. The third kappa shape index (κ3) is 38.6. The van der Waals surface area contributed by atoms with Crippen LogP contribution >= 0.6 is 0 Å². The zero-order valence-corrected chi connectivity index (χ0v) is 44.9. The maximum absolute atomic E-state index is 13.1. The number of nitrogens with one attached hydrogen (secondary N) is 1. The number of allylic oxidation sites excluding steroid dienone is 2. The van der Waals surface area contributed by atoms with E-state index in [2.05, 4.69) is 31.3 Å². The van der Waals surface area contributed by atoms with Gasteiger partial charge < -0.3 is 40.3 Å². The number of aliphatic hydroxyl groups excluding tert-OH is 5. The number of hydrogen-bond acceptors (Lipinski definition) is 8. The molecule has 0 aromatic rings.